The summed E-state index contributed by atoms with van der Waals surface area (Å²) in [5, 5.41) is 0. The van der Waals surface area contributed by atoms with Gasteiger partial charge in [0, 0.05) is 18.7 Å². The van der Waals surface area contributed by atoms with Crippen molar-refractivity contribution >= 4 is 34.4 Å². The number of rotatable bonds is 8. The molecule has 1 atom stereocenters. The van der Waals surface area contributed by atoms with Crippen molar-refractivity contribution in [3.05, 3.63) is 77.6 Å². The highest BCUT2D eigenvalue weighted by molar-refractivity contribution is 7.86. The summed E-state index contributed by atoms with van der Waals surface area (Å²) in [5.74, 6) is -1.44. The van der Waals surface area contributed by atoms with E-state index in [0.29, 0.717) is 0 Å². The second kappa shape index (κ2) is 11.0. The number of ether oxygens (including phenoxy) is 2. The van der Waals surface area contributed by atoms with Gasteiger partial charge < -0.3 is 19.4 Å². The van der Waals surface area contributed by atoms with E-state index in [1.54, 1.807) is 0 Å². The first kappa shape index (κ1) is 29.6. The van der Waals surface area contributed by atoms with E-state index < -0.39 is 34.0 Å². The number of benzene rings is 3. The molecule has 0 saturated heterocycles. The van der Waals surface area contributed by atoms with Gasteiger partial charge in [-0.25, -0.2) is 9.38 Å². The Bertz CT molecular complexity index is 1540. The van der Waals surface area contributed by atoms with Gasteiger partial charge in [-0.15, -0.1) is 12.4 Å². The zero-order chi connectivity index (χ0) is 27.8. The van der Waals surface area contributed by atoms with Gasteiger partial charge in [-0.3, -0.25) is 9.69 Å². The molecule has 0 saturated carbocycles. The predicted octanol–water partition coefficient (Wildman–Crippen LogP) is 3.89. The number of alkyl halides is 2. The Labute approximate surface area is 228 Å². The van der Waals surface area contributed by atoms with Crippen LogP contribution in [0.4, 0.5) is 13.2 Å². The molecule has 0 bridgehead atoms. The number of nitrogens with zero attached hydrogens (tertiary/aromatic N) is 2. The van der Waals surface area contributed by atoms with Crippen LogP contribution >= 0.6 is 12.4 Å². The maximum absolute atomic E-state index is 15.2. The number of halogens is 4. The molecule has 3 aromatic rings. The van der Waals surface area contributed by atoms with Crippen LogP contribution in [-0.4, -0.2) is 52.2 Å². The Kier molecular flexibility index (Phi) is 8.36. The third-order valence-electron chi connectivity index (χ3n) is 5.80. The summed E-state index contributed by atoms with van der Waals surface area (Å²) in [6.45, 7) is -3.04. The number of methoxy groups -OCH3 is 1. The van der Waals surface area contributed by atoms with Crippen molar-refractivity contribution < 1.29 is 40.0 Å². The van der Waals surface area contributed by atoms with Gasteiger partial charge in [-0.2, -0.15) is 17.2 Å². The molecule has 1 aliphatic rings. The fourth-order valence-electron chi connectivity index (χ4n) is 4.10. The van der Waals surface area contributed by atoms with Gasteiger partial charge in [0.1, 0.15) is 23.1 Å². The molecule has 2 N–H and O–H groups in total. The van der Waals surface area contributed by atoms with Gasteiger partial charge in [0.2, 0.25) is 0 Å². The molecule has 1 heterocycles. The van der Waals surface area contributed by atoms with E-state index in [9.17, 15) is 22.0 Å². The lowest BCUT2D eigenvalue weighted by Crippen LogP contribution is -2.41. The number of nitrogens with two attached hydrogens (primary N) is 1. The minimum Gasteiger partial charge on any atom is -0.497 e. The third kappa shape index (κ3) is 5.88. The first-order chi connectivity index (χ1) is 17.8. The maximum Gasteiger partial charge on any atom is 0.387 e. The highest BCUT2D eigenvalue weighted by Gasteiger charge is 2.49. The Morgan fingerprint density at radius 2 is 1.59 bits per heavy atom. The number of amides is 1. The second-order valence-electron chi connectivity index (χ2n) is 8.33. The Morgan fingerprint density at radius 3 is 2.13 bits per heavy atom. The highest BCUT2D eigenvalue weighted by Crippen LogP contribution is 2.42. The summed E-state index contributed by atoms with van der Waals surface area (Å²) >= 11 is 0. The Balaban J connectivity index is 0.00000420. The van der Waals surface area contributed by atoms with Crippen LogP contribution in [0.3, 0.4) is 0 Å². The molecule has 9 nitrogen and oxygen atoms in total. The van der Waals surface area contributed by atoms with E-state index in [2.05, 4.69) is 9.73 Å². The smallest absolute Gasteiger partial charge is 0.387 e. The average molecular weight is 586 g/mol. The van der Waals surface area contributed by atoms with Gasteiger partial charge in [0.15, 0.2) is 11.5 Å². The van der Waals surface area contributed by atoms with Crippen LogP contribution in [0, 0.1) is 5.82 Å². The molecule has 0 aliphatic carbocycles. The SMILES string of the molecule is COc1cc(OS(C)(=O)=O)cc(-c2cc(C3(c4ccc(OC(F)F)cc4)N=C(N)N(C)C3=O)ccc2F)c1.Cl. The number of hydrogen-bond acceptors (Lipinski definition) is 8. The summed E-state index contributed by atoms with van der Waals surface area (Å²) in [6.07, 6.45) is 0.860. The molecule has 3 aromatic carbocycles. The van der Waals surface area contributed by atoms with Crippen molar-refractivity contribution in [3.63, 3.8) is 0 Å². The first-order valence-corrected chi connectivity index (χ1v) is 12.7. The van der Waals surface area contributed by atoms with Crippen molar-refractivity contribution in [2.24, 2.45) is 10.7 Å². The van der Waals surface area contributed by atoms with Gasteiger partial charge in [0.05, 0.1) is 13.4 Å². The highest BCUT2D eigenvalue weighted by atomic mass is 35.5. The molecular weight excluding hydrogens is 563 g/mol. The zero-order valence-electron chi connectivity index (χ0n) is 20.7. The number of guanidine groups is 1. The monoisotopic (exact) mass is 585 g/mol. The fourth-order valence-corrected chi connectivity index (χ4v) is 4.55. The van der Waals surface area contributed by atoms with Crippen molar-refractivity contribution in [2.75, 3.05) is 20.4 Å². The second-order valence-corrected chi connectivity index (χ2v) is 9.90. The van der Waals surface area contributed by atoms with Gasteiger partial charge in [0.25, 0.3) is 5.91 Å². The van der Waals surface area contributed by atoms with Crippen LogP contribution in [0.25, 0.3) is 11.1 Å². The summed E-state index contributed by atoms with van der Waals surface area (Å²) in [4.78, 5) is 19.1. The molecule has 1 aliphatic heterocycles. The third-order valence-corrected chi connectivity index (χ3v) is 6.29. The van der Waals surface area contributed by atoms with Crippen molar-refractivity contribution in [1.82, 2.24) is 4.90 Å². The Hall–Kier alpha value is -3.97. The molecule has 14 heteroatoms. The topological polar surface area (TPSA) is 121 Å². The summed E-state index contributed by atoms with van der Waals surface area (Å²) in [6, 6.07) is 13.2. The number of carbonyl (C=O) groups excluding carboxylic acids is 1. The minimum atomic E-state index is -3.90. The molecule has 0 spiro atoms. The van der Waals surface area contributed by atoms with Gasteiger partial charge >= 0.3 is 16.7 Å². The Morgan fingerprint density at radius 1 is 0.974 bits per heavy atom. The molecule has 1 unspecified atom stereocenters. The number of aliphatic imine (C=N–C) groups is 1. The normalized spacial score (nSPS) is 17.1. The first-order valence-electron chi connectivity index (χ1n) is 10.9. The van der Waals surface area contributed by atoms with Crippen LogP contribution in [0.5, 0.6) is 17.2 Å². The lowest BCUT2D eigenvalue weighted by molar-refractivity contribution is -0.129. The van der Waals surface area contributed by atoms with Crippen LogP contribution in [-0.2, 0) is 20.5 Å². The van der Waals surface area contributed by atoms with Crippen molar-refractivity contribution in [3.8, 4) is 28.4 Å². The van der Waals surface area contributed by atoms with E-state index >= 15 is 4.39 Å². The molecule has 4 rings (SSSR count). The molecule has 0 radical (unpaired) electrons. The van der Waals surface area contributed by atoms with Crippen molar-refractivity contribution in [2.45, 2.75) is 12.2 Å². The number of hydrogen-bond donors (Lipinski definition) is 1. The predicted molar refractivity (Wildman–Crippen MR) is 139 cm³/mol. The maximum atomic E-state index is 15.2. The van der Waals surface area contributed by atoms with E-state index in [1.807, 2.05) is 0 Å². The minimum absolute atomic E-state index is 0. The van der Waals surface area contributed by atoms with E-state index in [1.165, 1.54) is 68.8 Å². The van der Waals surface area contributed by atoms with Crippen molar-refractivity contribution in [1.29, 1.82) is 0 Å². The van der Waals surface area contributed by atoms with Crippen LogP contribution in [0.2, 0.25) is 0 Å². The summed E-state index contributed by atoms with van der Waals surface area (Å²) in [7, 11) is -1.14. The van der Waals surface area contributed by atoms with E-state index in [4.69, 9.17) is 14.7 Å². The molecule has 208 valence electrons. The largest absolute Gasteiger partial charge is 0.497 e. The van der Waals surface area contributed by atoms with Gasteiger partial charge in [-0.1, -0.05) is 18.2 Å². The molecule has 1 amide bonds. The summed E-state index contributed by atoms with van der Waals surface area (Å²) in [5.41, 5.74) is 4.85. The van der Waals surface area contributed by atoms with Crippen LogP contribution < -0.4 is 19.4 Å². The van der Waals surface area contributed by atoms with E-state index in [0.717, 1.165) is 17.2 Å². The molecule has 0 aromatic heterocycles. The van der Waals surface area contributed by atoms with Crippen LogP contribution in [0.1, 0.15) is 11.1 Å². The van der Waals surface area contributed by atoms with Gasteiger partial charge in [-0.05, 0) is 53.1 Å². The lowest BCUT2D eigenvalue weighted by Gasteiger charge is -2.27. The molecular formula is C25H23ClF3N3O6S. The van der Waals surface area contributed by atoms with E-state index in [-0.39, 0.29) is 57.9 Å². The number of likely N-dealkylation sites (N-methyl/N-ethyl adjacent to an activating group) is 1. The molecule has 0 fully saturated rings. The lowest BCUT2D eigenvalue weighted by atomic mass is 9.81. The fraction of sp³-hybridized carbons (Fsp3) is 0.200. The van der Waals surface area contributed by atoms with Crippen LogP contribution in [0.15, 0.2) is 65.7 Å². The molecule has 39 heavy (non-hydrogen) atoms. The average Bonchev–Trinajstić information content (AvgIpc) is 3.07. The zero-order valence-corrected chi connectivity index (χ0v) is 22.4. The summed E-state index contributed by atoms with van der Waals surface area (Å²) < 4.78 is 78.3. The number of carbonyl (C=O) groups is 1. The standard InChI is InChI=1S/C25H22F3N3O6S.ClH/c1-31-22(32)25(30-24(31)29,15-4-7-17(8-5-15)36-23(27)28)16-6-9-21(26)20(12-16)14-10-18(35-2)13-19(11-14)37-38(3,33)34;/h4-13,23H,1-3H3,(H2,29,30);1H. The quantitative estimate of drug-likeness (QED) is 0.398.